The third-order valence-corrected chi connectivity index (χ3v) is 1.47. The summed E-state index contributed by atoms with van der Waals surface area (Å²) in [7, 11) is 0. The van der Waals surface area contributed by atoms with Crippen LogP contribution in [0.2, 0.25) is 0 Å². The van der Waals surface area contributed by atoms with Crippen molar-refractivity contribution in [3.05, 3.63) is 29.8 Å². The molecule has 3 heteroatoms. The van der Waals surface area contributed by atoms with Crippen LogP contribution in [0.15, 0.2) is 18.2 Å². The van der Waals surface area contributed by atoms with Crippen LogP contribution in [-0.2, 0) is 6.42 Å². The predicted molar refractivity (Wildman–Crippen MR) is 41.3 cm³/mol. The zero-order valence-electron chi connectivity index (χ0n) is 6.68. The summed E-state index contributed by atoms with van der Waals surface area (Å²) in [5.74, 6) is 0.218. The van der Waals surface area contributed by atoms with Gasteiger partial charge in [-0.2, -0.15) is 8.78 Å². The average molecular weight is 171 g/mol. The Kier molecular flexibility index (Phi) is 3.02. The number of benzene rings is 1. The highest BCUT2D eigenvalue weighted by molar-refractivity contribution is 5.32. The van der Waals surface area contributed by atoms with E-state index in [-0.39, 0.29) is 5.75 Å². The first-order valence-electron chi connectivity index (χ1n) is 3.68. The Morgan fingerprint density at radius 3 is 2.92 bits per heavy atom. The van der Waals surface area contributed by atoms with E-state index in [2.05, 4.69) is 10.8 Å². The minimum Gasteiger partial charge on any atom is -0.435 e. The van der Waals surface area contributed by atoms with Gasteiger partial charge >= 0.3 is 6.61 Å². The maximum atomic E-state index is 11.8. The molecule has 0 aliphatic rings. The summed E-state index contributed by atoms with van der Waals surface area (Å²) in [6.07, 6.45) is 0.642. The van der Waals surface area contributed by atoms with E-state index in [0.29, 0.717) is 12.0 Å². The van der Waals surface area contributed by atoms with Crippen molar-refractivity contribution in [2.75, 3.05) is 0 Å². The second-order valence-corrected chi connectivity index (χ2v) is 2.24. The number of hydrogen-bond acceptors (Lipinski definition) is 1. The number of hydrogen-bond donors (Lipinski definition) is 0. The van der Waals surface area contributed by atoms with Gasteiger partial charge in [-0.15, -0.1) is 0 Å². The zero-order chi connectivity index (χ0) is 8.97. The quantitative estimate of drug-likeness (QED) is 0.679. The lowest BCUT2D eigenvalue weighted by Gasteiger charge is -2.07. The van der Waals surface area contributed by atoms with Crippen LogP contribution in [0.25, 0.3) is 0 Å². The Hall–Kier alpha value is -1.12. The van der Waals surface area contributed by atoms with E-state index < -0.39 is 6.61 Å². The Bertz CT molecular complexity index is 248. The van der Waals surface area contributed by atoms with Gasteiger partial charge in [-0.05, 0) is 18.6 Å². The molecule has 0 fully saturated rings. The van der Waals surface area contributed by atoms with Gasteiger partial charge in [-0.1, -0.05) is 19.1 Å². The molecule has 1 aromatic rings. The van der Waals surface area contributed by atoms with Crippen molar-refractivity contribution in [1.82, 2.24) is 0 Å². The Morgan fingerprint density at radius 2 is 2.33 bits per heavy atom. The molecule has 0 heterocycles. The van der Waals surface area contributed by atoms with Gasteiger partial charge in [-0.3, -0.25) is 0 Å². The van der Waals surface area contributed by atoms with Crippen LogP contribution >= 0.6 is 0 Å². The second kappa shape index (κ2) is 4.04. The summed E-state index contributed by atoms with van der Waals surface area (Å²) in [5, 5.41) is 0. The molecule has 0 saturated heterocycles. The van der Waals surface area contributed by atoms with Crippen LogP contribution in [0.1, 0.15) is 12.5 Å². The van der Waals surface area contributed by atoms with Crippen molar-refractivity contribution in [2.45, 2.75) is 20.0 Å². The highest BCUT2D eigenvalue weighted by atomic mass is 19.3. The van der Waals surface area contributed by atoms with Gasteiger partial charge in [0.2, 0.25) is 0 Å². The lowest BCUT2D eigenvalue weighted by atomic mass is 10.1. The number of aryl methyl sites for hydroxylation is 1. The van der Waals surface area contributed by atoms with E-state index >= 15 is 0 Å². The fourth-order valence-corrected chi connectivity index (χ4v) is 0.939. The molecule has 1 nitrogen and oxygen atoms in total. The number of alkyl halides is 2. The number of halogens is 2. The third kappa shape index (κ3) is 2.19. The number of rotatable bonds is 3. The van der Waals surface area contributed by atoms with Gasteiger partial charge in [0.05, 0.1) is 0 Å². The minimum atomic E-state index is -2.76. The lowest BCUT2D eigenvalue weighted by molar-refractivity contribution is -0.0504. The van der Waals surface area contributed by atoms with Crippen molar-refractivity contribution in [1.29, 1.82) is 0 Å². The summed E-state index contributed by atoms with van der Waals surface area (Å²) in [5.41, 5.74) is 0.679. The van der Waals surface area contributed by atoms with E-state index in [1.165, 1.54) is 6.07 Å². The minimum absolute atomic E-state index is 0.218. The Morgan fingerprint density at radius 1 is 1.58 bits per heavy atom. The molecular weight excluding hydrogens is 162 g/mol. The Labute approximate surface area is 70.0 Å². The SMILES string of the molecule is CCc1[c]cccc1OC(F)F. The smallest absolute Gasteiger partial charge is 0.387 e. The van der Waals surface area contributed by atoms with E-state index in [4.69, 9.17) is 0 Å². The lowest BCUT2D eigenvalue weighted by Crippen LogP contribution is -2.03. The standard InChI is InChI=1S/C9H9F2O/c1-2-7-5-3-4-6-8(7)12-9(10)11/h3-4,6,9H,2H2,1H3. The van der Waals surface area contributed by atoms with Gasteiger partial charge in [0, 0.05) is 5.56 Å². The summed E-state index contributed by atoms with van der Waals surface area (Å²) in [4.78, 5) is 0. The fraction of sp³-hybridized carbons (Fsp3) is 0.333. The molecule has 0 atom stereocenters. The van der Waals surface area contributed by atoms with Gasteiger partial charge in [-0.25, -0.2) is 0 Å². The molecule has 65 valence electrons. The topological polar surface area (TPSA) is 9.23 Å². The van der Waals surface area contributed by atoms with E-state index in [0.717, 1.165) is 0 Å². The van der Waals surface area contributed by atoms with Crippen LogP contribution in [0.4, 0.5) is 8.78 Å². The third-order valence-electron chi connectivity index (χ3n) is 1.47. The normalized spacial score (nSPS) is 10.3. The highest BCUT2D eigenvalue weighted by Crippen LogP contribution is 2.19. The van der Waals surface area contributed by atoms with Crippen molar-refractivity contribution in [3.63, 3.8) is 0 Å². The van der Waals surface area contributed by atoms with Crippen molar-refractivity contribution in [2.24, 2.45) is 0 Å². The number of ether oxygens (including phenoxy) is 1. The first-order chi connectivity index (χ1) is 5.74. The maximum Gasteiger partial charge on any atom is 0.387 e. The van der Waals surface area contributed by atoms with Gasteiger partial charge < -0.3 is 4.74 Å². The highest BCUT2D eigenvalue weighted by Gasteiger charge is 2.06. The molecule has 0 saturated carbocycles. The van der Waals surface area contributed by atoms with Gasteiger partial charge in [0.25, 0.3) is 0 Å². The average Bonchev–Trinajstić information content (AvgIpc) is 2.04. The molecule has 12 heavy (non-hydrogen) atoms. The van der Waals surface area contributed by atoms with Crippen LogP contribution in [0.3, 0.4) is 0 Å². The van der Waals surface area contributed by atoms with Crippen molar-refractivity contribution in [3.8, 4) is 5.75 Å². The second-order valence-electron chi connectivity index (χ2n) is 2.24. The molecule has 0 N–H and O–H groups in total. The molecule has 0 amide bonds. The summed E-state index contributed by atoms with van der Waals surface area (Å²) >= 11 is 0. The van der Waals surface area contributed by atoms with Gasteiger partial charge in [0.1, 0.15) is 5.75 Å². The van der Waals surface area contributed by atoms with E-state index in [1.807, 2.05) is 6.92 Å². The summed E-state index contributed by atoms with van der Waals surface area (Å²) in [6, 6.07) is 7.65. The predicted octanol–water partition coefficient (Wildman–Crippen LogP) is 2.65. The van der Waals surface area contributed by atoms with Crippen LogP contribution < -0.4 is 4.74 Å². The summed E-state index contributed by atoms with van der Waals surface area (Å²) < 4.78 is 27.9. The van der Waals surface area contributed by atoms with Crippen LogP contribution in [0.5, 0.6) is 5.75 Å². The van der Waals surface area contributed by atoms with E-state index in [9.17, 15) is 8.78 Å². The summed E-state index contributed by atoms with van der Waals surface area (Å²) in [6.45, 7) is -0.893. The molecule has 0 aromatic heterocycles. The van der Waals surface area contributed by atoms with Crippen LogP contribution in [0, 0.1) is 6.07 Å². The van der Waals surface area contributed by atoms with Crippen molar-refractivity contribution < 1.29 is 13.5 Å². The zero-order valence-corrected chi connectivity index (χ0v) is 6.68. The molecule has 1 radical (unpaired) electrons. The van der Waals surface area contributed by atoms with Crippen LogP contribution in [-0.4, -0.2) is 6.61 Å². The molecule has 0 aliphatic heterocycles. The van der Waals surface area contributed by atoms with Crippen molar-refractivity contribution >= 4 is 0 Å². The molecule has 0 spiro atoms. The molecular formula is C9H9F2O. The molecule has 1 rings (SSSR count). The molecule has 0 bridgehead atoms. The monoisotopic (exact) mass is 171 g/mol. The fourth-order valence-electron chi connectivity index (χ4n) is 0.939. The first-order valence-corrected chi connectivity index (χ1v) is 3.68. The molecule has 0 unspecified atom stereocenters. The molecule has 0 aliphatic carbocycles. The van der Waals surface area contributed by atoms with Gasteiger partial charge in [0.15, 0.2) is 0 Å². The Balaban J connectivity index is 2.82. The first kappa shape index (κ1) is 8.97. The molecule has 1 aromatic carbocycles. The van der Waals surface area contributed by atoms with E-state index in [1.54, 1.807) is 12.1 Å². The largest absolute Gasteiger partial charge is 0.435 e. The maximum absolute atomic E-state index is 11.8.